The Labute approximate surface area is 230 Å². The summed E-state index contributed by atoms with van der Waals surface area (Å²) in [6, 6.07) is 19.9. The molecule has 2 aliphatic rings. The standard InChI is InChI=1S/C31H36N2O5S/c1-21-12-14-27(39(36,37)38)19-25(21)20-29(34)30(22-8-4-2-5-9-22)33-17-16-24-18-26(13-15-28(24)33)32-31(35)23-10-6-3-7-11-23/h2,4-5,8-9,12-15,18-19,23,29-30,34H,3,6-7,10-11,16-17,20H2,1H3,(H,32,35)(H,36,37,38)/t29-,30-/m0/s1. The Morgan fingerprint density at radius 3 is 2.49 bits per heavy atom. The van der Waals surface area contributed by atoms with E-state index in [1.807, 2.05) is 55.5 Å². The first kappa shape index (κ1) is 27.4. The van der Waals surface area contributed by atoms with Crippen molar-refractivity contribution in [2.45, 2.75) is 68.9 Å². The van der Waals surface area contributed by atoms with Crippen LogP contribution in [0.2, 0.25) is 0 Å². The Kier molecular flexibility index (Phi) is 8.07. The molecule has 0 unspecified atom stereocenters. The van der Waals surface area contributed by atoms with Crippen LogP contribution in [0, 0.1) is 12.8 Å². The van der Waals surface area contributed by atoms with E-state index in [4.69, 9.17) is 0 Å². The van der Waals surface area contributed by atoms with E-state index in [9.17, 15) is 22.9 Å². The molecule has 3 N–H and O–H groups in total. The summed E-state index contributed by atoms with van der Waals surface area (Å²) in [5, 5.41) is 14.7. The van der Waals surface area contributed by atoms with Crippen LogP contribution in [0.4, 0.5) is 11.4 Å². The molecule has 0 spiro atoms. The highest BCUT2D eigenvalue weighted by atomic mass is 32.2. The number of anilines is 2. The van der Waals surface area contributed by atoms with E-state index in [1.165, 1.54) is 18.6 Å². The zero-order valence-corrected chi connectivity index (χ0v) is 23.0. The van der Waals surface area contributed by atoms with Gasteiger partial charge in [-0.3, -0.25) is 9.35 Å². The average molecular weight is 549 g/mol. The minimum absolute atomic E-state index is 0.0869. The second-order valence-corrected chi connectivity index (χ2v) is 12.2. The summed E-state index contributed by atoms with van der Waals surface area (Å²) in [6.45, 7) is 2.57. The SMILES string of the molecule is Cc1ccc(S(=O)(=O)O)cc1C[C@H](O)[C@H](c1ccccc1)N1CCc2cc(NC(=O)C3CCCCC3)ccc21. The van der Waals surface area contributed by atoms with Crippen molar-refractivity contribution < 1.29 is 22.9 Å². The molecule has 1 heterocycles. The molecule has 1 fully saturated rings. The minimum atomic E-state index is -4.35. The molecule has 2 atom stereocenters. The molecular formula is C31H36N2O5S. The summed E-state index contributed by atoms with van der Waals surface area (Å²) in [6.07, 6.45) is 5.49. The molecule has 0 aromatic heterocycles. The van der Waals surface area contributed by atoms with Crippen molar-refractivity contribution in [3.05, 3.63) is 89.0 Å². The lowest BCUT2D eigenvalue weighted by Crippen LogP contribution is -2.37. The number of hydrogen-bond donors (Lipinski definition) is 3. The Hall–Kier alpha value is -3.20. The molecule has 39 heavy (non-hydrogen) atoms. The fourth-order valence-electron chi connectivity index (χ4n) is 6.03. The topological polar surface area (TPSA) is 107 Å². The van der Waals surface area contributed by atoms with Gasteiger partial charge in [-0.2, -0.15) is 8.42 Å². The number of benzene rings is 3. The molecule has 7 nitrogen and oxygen atoms in total. The number of aryl methyl sites for hydroxylation is 1. The van der Waals surface area contributed by atoms with Gasteiger partial charge in [-0.25, -0.2) is 0 Å². The summed E-state index contributed by atoms with van der Waals surface area (Å²) in [5.41, 5.74) is 5.40. The summed E-state index contributed by atoms with van der Waals surface area (Å²) >= 11 is 0. The molecule has 1 saturated carbocycles. The number of aliphatic hydroxyl groups is 1. The van der Waals surface area contributed by atoms with Gasteiger partial charge >= 0.3 is 0 Å². The second kappa shape index (κ2) is 11.5. The normalized spacial score (nSPS) is 17.5. The van der Waals surface area contributed by atoms with Gasteiger partial charge in [0.25, 0.3) is 10.1 Å². The lowest BCUT2D eigenvalue weighted by molar-refractivity contribution is -0.120. The van der Waals surface area contributed by atoms with Gasteiger partial charge in [-0.1, -0.05) is 55.7 Å². The van der Waals surface area contributed by atoms with E-state index in [2.05, 4.69) is 10.2 Å². The van der Waals surface area contributed by atoms with Gasteiger partial charge in [0.1, 0.15) is 0 Å². The van der Waals surface area contributed by atoms with Crippen LogP contribution in [0.1, 0.15) is 60.4 Å². The zero-order chi connectivity index (χ0) is 27.6. The number of hydrogen-bond acceptors (Lipinski definition) is 5. The number of nitrogens with zero attached hydrogens (tertiary/aromatic N) is 1. The summed E-state index contributed by atoms with van der Waals surface area (Å²) in [4.78, 5) is 14.8. The number of nitrogens with one attached hydrogen (secondary N) is 1. The molecular weight excluding hydrogens is 512 g/mol. The Morgan fingerprint density at radius 1 is 1.03 bits per heavy atom. The van der Waals surface area contributed by atoms with Crippen molar-refractivity contribution in [2.75, 3.05) is 16.8 Å². The third-order valence-corrected chi connectivity index (χ3v) is 8.99. The largest absolute Gasteiger partial charge is 0.390 e. The highest BCUT2D eigenvalue weighted by molar-refractivity contribution is 7.85. The summed E-state index contributed by atoms with van der Waals surface area (Å²) < 4.78 is 33.0. The van der Waals surface area contributed by atoms with E-state index in [0.29, 0.717) is 12.1 Å². The Bertz CT molecular complexity index is 1430. The van der Waals surface area contributed by atoms with Crippen LogP contribution in [0.5, 0.6) is 0 Å². The van der Waals surface area contributed by atoms with E-state index < -0.39 is 16.2 Å². The summed E-state index contributed by atoms with van der Waals surface area (Å²) in [5.74, 6) is 0.188. The van der Waals surface area contributed by atoms with Crippen LogP contribution in [0.15, 0.2) is 71.6 Å². The Balaban J connectivity index is 1.40. The quantitative estimate of drug-likeness (QED) is 0.323. The van der Waals surface area contributed by atoms with Gasteiger partial charge in [0.05, 0.1) is 17.0 Å². The van der Waals surface area contributed by atoms with E-state index in [0.717, 1.165) is 60.2 Å². The first-order valence-corrected chi connectivity index (χ1v) is 15.1. The maximum absolute atomic E-state index is 12.8. The fourth-order valence-corrected chi connectivity index (χ4v) is 6.56. The highest BCUT2D eigenvalue weighted by Crippen LogP contribution is 2.39. The number of aliphatic hydroxyl groups excluding tert-OH is 1. The third kappa shape index (κ3) is 6.19. The average Bonchev–Trinajstić information content (AvgIpc) is 3.33. The maximum atomic E-state index is 12.8. The van der Waals surface area contributed by atoms with Crippen LogP contribution in [-0.4, -0.2) is 36.6 Å². The first-order valence-electron chi connectivity index (χ1n) is 13.7. The van der Waals surface area contributed by atoms with Crippen LogP contribution in [0.3, 0.4) is 0 Å². The van der Waals surface area contributed by atoms with Crippen LogP contribution in [-0.2, 0) is 27.8 Å². The molecule has 0 bridgehead atoms. The van der Waals surface area contributed by atoms with Gasteiger partial charge in [-0.15, -0.1) is 0 Å². The van der Waals surface area contributed by atoms with Crippen LogP contribution < -0.4 is 10.2 Å². The molecule has 5 rings (SSSR count). The summed E-state index contributed by atoms with van der Waals surface area (Å²) in [7, 11) is -4.35. The fraction of sp³-hybridized carbons (Fsp3) is 0.387. The molecule has 1 amide bonds. The van der Waals surface area contributed by atoms with Crippen molar-refractivity contribution in [1.29, 1.82) is 0 Å². The van der Waals surface area contributed by atoms with Gasteiger partial charge < -0.3 is 15.3 Å². The highest BCUT2D eigenvalue weighted by Gasteiger charge is 2.33. The van der Waals surface area contributed by atoms with E-state index in [-0.39, 0.29) is 29.2 Å². The van der Waals surface area contributed by atoms with E-state index in [1.54, 1.807) is 6.07 Å². The van der Waals surface area contributed by atoms with Crippen molar-refractivity contribution in [3.63, 3.8) is 0 Å². The lowest BCUT2D eigenvalue weighted by atomic mass is 9.88. The lowest BCUT2D eigenvalue weighted by Gasteiger charge is -2.35. The van der Waals surface area contributed by atoms with Crippen LogP contribution in [0.25, 0.3) is 0 Å². The van der Waals surface area contributed by atoms with Gasteiger partial charge in [-0.05, 0) is 78.8 Å². The molecule has 3 aromatic rings. The van der Waals surface area contributed by atoms with Gasteiger partial charge in [0.2, 0.25) is 5.91 Å². The van der Waals surface area contributed by atoms with Crippen molar-refractivity contribution in [3.8, 4) is 0 Å². The predicted octanol–water partition coefficient (Wildman–Crippen LogP) is 5.47. The zero-order valence-electron chi connectivity index (χ0n) is 22.2. The molecule has 1 aliphatic carbocycles. The number of carbonyl (C=O) groups is 1. The molecule has 1 aliphatic heterocycles. The van der Waals surface area contributed by atoms with Gasteiger partial charge in [0.15, 0.2) is 0 Å². The molecule has 8 heteroatoms. The smallest absolute Gasteiger partial charge is 0.294 e. The monoisotopic (exact) mass is 548 g/mol. The minimum Gasteiger partial charge on any atom is -0.390 e. The molecule has 0 radical (unpaired) electrons. The number of amides is 1. The molecule has 206 valence electrons. The van der Waals surface area contributed by atoms with E-state index >= 15 is 0 Å². The second-order valence-electron chi connectivity index (χ2n) is 10.8. The molecule has 0 saturated heterocycles. The number of fused-ring (bicyclic) bond motifs is 1. The number of carbonyl (C=O) groups excluding carboxylic acids is 1. The predicted molar refractivity (Wildman–Crippen MR) is 153 cm³/mol. The van der Waals surface area contributed by atoms with Crippen molar-refractivity contribution >= 4 is 27.4 Å². The van der Waals surface area contributed by atoms with Gasteiger partial charge in [0, 0.05) is 30.3 Å². The number of rotatable bonds is 8. The first-order chi connectivity index (χ1) is 18.7. The van der Waals surface area contributed by atoms with Crippen molar-refractivity contribution in [1.82, 2.24) is 0 Å². The third-order valence-electron chi connectivity index (χ3n) is 8.14. The van der Waals surface area contributed by atoms with Crippen molar-refractivity contribution in [2.24, 2.45) is 5.92 Å². The van der Waals surface area contributed by atoms with Crippen LogP contribution >= 0.6 is 0 Å². The molecule has 3 aromatic carbocycles. The Morgan fingerprint density at radius 2 is 1.77 bits per heavy atom. The maximum Gasteiger partial charge on any atom is 0.294 e.